The molecule has 27 heavy (non-hydrogen) atoms. The fourth-order valence-electron chi connectivity index (χ4n) is 2.66. The summed E-state index contributed by atoms with van der Waals surface area (Å²) in [5, 5.41) is 0. The van der Waals surface area contributed by atoms with Crippen LogP contribution in [-0.2, 0) is 16.1 Å². The SMILES string of the molecule is CCOC(=O)Cn1c(=NC(=O)c2cccc(OC)c2)sc2cc(C)ccc21. The molecule has 0 aliphatic carbocycles. The van der Waals surface area contributed by atoms with E-state index in [1.807, 2.05) is 25.1 Å². The average Bonchev–Trinajstić information content (AvgIpc) is 2.98. The molecule has 2 aromatic carbocycles. The molecule has 0 spiro atoms. The number of ether oxygens (including phenoxy) is 2. The number of esters is 1. The fraction of sp³-hybridized carbons (Fsp3) is 0.250. The highest BCUT2D eigenvalue weighted by atomic mass is 32.1. The van der Waals surface area contributed by atoms with Crippen LogP contribution in [0.4, 0.5) is 0 Å². The van der Waals surface area contributed by atoms with E-state index in [0.29, 0.717) is 22.7 Å². The third-order valence-electron chi connectivity index (χ3n) is 3.94. The van der Waals surface area contributed by atoms with Gasteiger partial charge in [0, 0.05) is 5.56 Å². The fourth-order valence-corrected chi connectivity index (χ4v) is 3.79. The van der Waals surface area contributed by atoms with Crippen LogP contribution in [0, 0.1) is 6.92 Å². The summed E-state index contributed by atoms with van der Waals surface area (Å²) in [4.78, 5) is 29.4. The maximum atomic E-state index is 12.6. The topological polar surface area (TPSA) is 69.9 Å². The molecule has 6 nitrogen and oxygen atoms in total. The van der Waals surface area contributed by atoms with Crippen molar-refractivity contribution in [2.24, 2.45) is 4.99 Å². The Morgan fingerprint density at radius 3 is 2.74 bits per heavy atom. The monoisotopic (exact) mass is 384 g/mol. The molecule has 3 rings (SSSR count). The molecule has 0 saturated heterocycles. The van der Waals surface area contributed by atoms with Gasteiger partial charge in [0.15, 0.2) is 4.80 Å². The summed E-state index contributed by atoms with van der Waals surface area (Å²) in [5.41, 5.74) is 2.36. The van der Waals surface area contributed by atoms with Crippen molar-refractivity contribution in [1.82, 2.24) is 4.57 Å². The van der Waals surface area contributed by atoms with Crippen LogP contribution < -0.4 is 9.54 Å². The molecule has 140 valence electrons. The van der Waals surface area contributed by atoms with Gasteiger partial charge in [-0.15, -0.1) is 0 Å². The number of hydrogen-bond donors (Lipinski definition) is 0. The number of nitrogens with zero attached hydrogens (tertiary/aromatic N) is 2. The highest BCUT2D eigenvalue weighted by Crippen LogP contribution is 2.19. The van der Waals surface area contributed by atoms with Crippen molar-refractivity contribution in [3.05, 3.63) is 58.4 Å². The standard InChI is InChI=1S/C20H20N2O4S/c1-4-26-18(23)12-22-16-9-8-13(2)10-17(16)27-20(22)21-19(24)14-6-5-7-15(11-14)25-3/h5-11H,4,12H2,1-3H3. The number of amides is 1. The molecule has 0 aliphatic rings. The molecule has 0 radical (unpaired) electrons. The molecule has 0 unspecified atom stereocenters. The zero-order valence-electron chi connectivity index (χ0n) is 15.4. The Labute approximate surface area is 160 Å². The van der Waals surface area contributed by atoms with Crippen LogP contribution in [0.2, 0.25) is 0 Å². The Morgan fingerprint density at radius 1 is 1.19 bits per heavy atom. The number of aryl methyl sites for hydroxylation is 1. The van der Waals surface area contributed by atoms with E-state index in [1.165, 1.54) is 11.3 Å². The van der Waals surface area contributed by atoms with Crippen molar-refractivity contribution in [1.29, 1.82) is 0 Å². The highest BCUT2D eigenvalue weighted by molar-refractivity contribution is 7.16. The minimum atomic E-state index is -0.394. The van der Waals surface area contributed by atoms with Gasteiger partial charge in [-0.3, -0.25) is 9.59 Å². The summed E-state index contributed by atoms with van der Waals surface area (Å²) >= 11 is 1.37. The van der Waals surface area contributed by atoms with Crippen molar-refractivity contribution < 1.29 is 19.1 Å². The molecule has 1 aromatic heterocycles. The Balaban J connectivity index is 2.09. The lowest BCUT2D eigenvalue weighted by Gasteiger charge is -2.05. The zero-order valence-corrected chi connectivity index (χ0v) is 16.2. The van der Waals surface area contributed by atoms with Crippen LogP contribution in [0.25, 0.3) is 10.2 Å². The smallest absolute Gasteiger partial charge is 0.326 e. The van der Waals surface area contributed by atoms with Gasteiger partial charge in [-0.05, 0) is 49.7 Å². The predicted octanol–water partition coefficient (Wildman–Crippen LogP) is 3.32. The van der Waals surface area contributed by atoms with Gasteiger partial charge in [-0.25, -0.2) is 0 Å². The van der Waals surface area contributed by atoms with Gasteiger partial charge in [-0.1, -0.05) is 23.5 Å². The highest BCUT2D eigenvalue weighted by Gasteiger charge is 2.13. The second-order valence-corrected chi connectivity index (χ2v) is 6.90. The summed E-state index contributed by atoms with van der Waals surface area (Å²) in [7, 11) is 1.54. The number of fused-ring (bicyclic) bond motifs is 1. The summed E-state index contributed by atoms with van der Waals surface area (Å²) in [6, 6.07) is 12.7. The Bertz CT molecular complexity index is 1070. The average molecular weight is 384 g/mol. The first-order valence-electron chi connectivity index (χ1n) is 8.50. The van der Waals surface area contributed by atoms with Crippen LogP contribution in [0.3, 0.4) is 0 Å². The van der Waals surface area contributed by atoms with Crippen LogP contribution in [0.15, 0.2) is 47.5 Å². The Hall–Kier alpha value is -2.93. The van der Waals surface area contributed by atoms with Crippen molar-refractivity contribution in [3.63, 3.8) is 0 Å². The van der Waals surface area contributed by atoms with E-state index in [9.17, 15) is 9.59 Å². The molecular formula is C20H20N2O4S. The molecule has 7 heteroatoms. The molecule has 1 amide bonds. The number of benzene rings is 2. The largest absolute Gasteiger partial charge is 0.497 e. The molecule has 0 fully saturated rings. The van der Waals surface area contributed by atoms with Gasteiger partial charge < -0.3 is 14.0 Å². The van der Waals surface area contributed by atoms with E-state index < -0.39 is 5.91 Å². The van der Waals surface area contributed by atoms with Gasteiger partial charge >= 0.3 is 5.97 Å². The lowest BCUT2D eigenvalue weighted by molar-refractivity contribution is -0.143. The minimum Gasteiger partial charge on any atom is -0.497 e. The van der Waals surface area contributed by atoms with Crippen LogP contribution in [0.5, 0.6) is 5.75 Å². The Kier molecular flexibility index (Phi) is 5.71. The van der Waals surface area contributed by atoms with Gasteiger partial charge in [0.05, 0.1) is 23.9 Å². The van der Waals surface area contributed by atoms with Gasteiger partial charge in [-0.2, -0.15) is 4.99 Å². The third-order valence-corrected chi connectivity index (χ3v) is 4.99. The van der Waals surface area contributed by atoms with E-state index in [4.69, 9.17) is 9.47 Å². The number of rotatable bonds is 5. The van der Waals surface area contributed by atoms with Gasteiger partial charge in [0.1, 0.15) is 12.3 Å². The molecule has 0 aliphatic heterocycles. The third kappa shape index (κ3) is 4.25. The summed E-state index contributed by atoms with van der Waals surface area (Å²) in [6.45, 7) is 4.05. The lowest BCUT2D eigenvalue weighted by Crippen LogP contribution is -2.23. The number of aromatic nitrogens is 1. The first kappa shape index (κ1) is 18.8. The van der Waals surface area contributed by atoms with E-state index in [-0.39, 0.29) is 12.5 Å². The van der Waals surface area contributed by atoms with E-state index in [0.717, 1.165) is 15.8 Å². The molecule has 0 N–H and O–H groups in total. The van der Waals surface area contributed by atoms with Crippen LogP contribution in [-0.4, -0.2) is 30.2 Å². The second kappa shape index (κ2) is 8.18. The number of carbonyl (C=O) groups is 2. The summed E-state index contributed by atoms with van der Waals surface area (Å²) in [5.74, 6) is -0.176. The molecule has 3 aromatic rings. The van der Waals surface area contributed by atoms with Crippen molar-refractivity contribution >= 4 is 33.4 Å². The first-order valence-corrected chi connectivity index (χ1v) is 9.32. The van der Waals surface area contributed by atoms with Gasteiger partial charge in [0.2, 0.25) is 0 Å². The molecule has 0 bridgehead atoms. The van der Waals surface area contributed by atoms with Crippen molar-refractivity contribution in [3.8, 4) is 5.75 Å². The Morgan fingerprint density at radius 2 is 2.00 bits per heavy atom. The van der Waals surface area contributed by atoms with E-state index in [1.54, 1.807) is 42.9 Å². The second-order valence-electron chi connectivity index (χ2n) is 5.90. The summed E-state index contributed by atoms with van der Waals surface area (Å²) in [6.07, 6.45) is 0. The number of thiazole rings is 1. The number of methoxy groups -OCH3 is 1. The zero-order chi connectivity index (χ0) is 19.4. The molecular weight excluding hydrogens is 364 g/mol. The molecule has 0 saturated carbocycles. The molecule has 1 heterocycles. The lowest BCUT2D eigenvalue weighted by atomic mass is 10.2. The summed E-state index contributed by atoms with van der Waals surface area (Å²) < 4.78 is 12.9. The minimum absolute atomic E-state index is 0.00112. The quantitative estimate of drug-likeness (QED) is 0.633. The molecule has 0 atom stereocenters. The van der Waals surface area contributed by atoms with Crippen molar-refractivity contribution in [2.75, 3.05) is 13.7 Å². The first-order chi connectivity index (χ1) is 13.0. The maximum Gasteiger partial charge on any atom is 0.326 e. The van der Waals surface area contributed by atoms with E-state index in [2.05, 4.69) is 4.99 Å². The van der Waals surface area contributed by atoms with Crippen molar-refractivity contribution in [2.45, 2.75) is 20.4 Å². The predicted molar refractivity (Wildman–Crippen MR) is 104 cm³/mol. The van der Waals surface area contributed by atoms with Crippen LogP contribution >= 0.6 is 11.3 Å². The number of hydrogen-bond acceptors (Lipinski definition) is 5. The normalized spacial score (nSPS) is 11.6. The van der Waals surface area contributed by atoms with E-state index >= 15 is 0 Å². The maximum absolute atomic E-state index is 12.6. The number of carbonyl (C=O) groups excluding carboxylic acids is 2. The van der Waals surface area contributed by atoms with Gasteiger partial charge in [0.25, 0.3) is 5.91 Å². The van der Waals surface area contributed by atoms with Crippen LogP contribution in [0.1, 0.15) is 22.8 Å².